The fourth-order valence-electron chi connectivity index (χ4n) is 0.825. The van der Waals surface area contributed by atoms with Gasteiger partial charge in [-0.05, 0) is 13.3 Å². The Balaban J connectivity index is 2.70. The van der Waals surface area contributed by atoms with Gasteiger partial charge in [0, 0.05) is 6.54 Å². The SMILES string of the molecule is CCNc1scnc1CC. The van der Waals surface area contributed by atoms with Crippen molar-refractivity contribution in [3.63, 3.8) is 0 Å². The van der Waals surface area contributed by atoms with Gasteiger partial charge in [0.15, 0.2) is 0 Å². The quantitative estimate of drug-likeness (QED) is 0.725. The van der Waals surface area contributed by atoms with Crippen molar-refractivity contribution in [2.24, 2.45) is 0 Å². The second-order valence-corrected chi connectivity index (χ2v) is 2.87. The minimum absolute atomic E-state index is 0.981. The normalized spacial score (nSPS) is 9.80. The van der Waals surface area contributed by atoms with E-state index < -0.39 is 0 Å². The van der Waals surface area contributed by atoms with E-state index in [2.05, 4.69) is 24.1 Å². The summed E-state index contributed by atoms with van der Waals surface area (Å²) >= 11 is 1.68. The second-order valence-electron chi connectivity index (χ2n) is 2.01. The largest absolute Gasteiger partial charge is 0.376 e. The van der Waals surface area contributed by atoms with Crippen LogP contribution in [0.2, 0.25) is 0 Å². The van der Waals surface area contributed by atoms with Crippen molar-refractivity contribution in [3.05, 3.63) is 11.2 Å². The van der Waals surface area contributed by atoms with Gasteiger partial charge in [0.2, 0.25) is 0 Å². The first kappa shape index (κ1) is 7.54. The first-order chi connectivity index (χ1) is 4.88. The highest BCUT2D eigenvalue weighted by Gasteiger charge is 2.00. The molecule has 0 aromatic carbocycles. The molecule has 0 amide bonds. The molecule has 10 heavy (non-hydrogen) atoms. The van der Waals surface area contributed by atoms with Crippen LogP contribution in [-0.4, -0.2) is 11.5 Å². The van der Waals surface area contributed by atoms with Crippen LogP contribution in [0.15, 0.2) is 5.51 Å². The third kappa shape index (κ3) is 1.48. The van der Waals surface area contributed by atoms with Gasteiger partial charge in [-0.1, -0.05) is 6.92 Å². The van der Waals surface area contributed by atoms with E-state index in [9.17, 15) is 0 Å². The minimum Gasteiger partial charge on any atom is -0.376 e. The Bertz CT molecular complexity index is 195. The van der Waals surface area contributed by atoms with Crippen molar-refractivity contribution in [2.45, 2.75) is 20.3 Å². The Kier molecular flexibility index (Phi) is 2.68. The smallest absolute Gasteiger partial charge is 0.112 e. The van der Waals surface area contributed by atoms with Crippen LogP contribution in [-0.2, 0) is 6.42 Å². The maximum Gasteiger partial charge on any atom is 0.112 e. The van der Waals surface area contributed by atoms with Crippen LogP contribution in [0.25, 0.3) is 0 Å². The van der Waals surface area contributed by atoms with E-state index in [0.717, 1.165) is 13.0 Å². The first-order valence-electron chi connectivity index (χ1n) is 3.54. The van der Waals surface area contributed by atoms with Crippen LogP contribution in [0.3, 0.4) is 0 Å². The zero-order valence-corrected chi connectivity index (χ0v) is 7.16. The Morgan fingerprint density at radius 3 is 3.00 bits per heavy atom. The van der Waals surface area contributed by atoms with E-state index in [1.807, 2.05) is 5.51 Å². The summed E-state index contributed by atoms with van der Waals surface area (Å²) in [7, 11) is 0. The lowest BCUT2D eigenvalue weighted by atomic mass is 10.3. The molecule has 0 fully saturated rings. The van der Waals surface area contributed by atoms with E-state index in [-0.39, 0.29) is 0 Å². The number of hydrogen-bond acceptors (Lipinski definition) is 3. The Morgan fingerprint density at radius 2 is 2.40 bits per heavy atom. The Morgan fingerprint density at radius 1 is 1.60 bits per heavy atom. The predicted octanol–water partition coefficient (Wildman–Crippen LogP) is 2.14. The lowest BCUT2D eigenvalue weighted by Gasteiger charge is -1.98. The number of nitrogens with zero attached hydrogens (tertiary/aromatic N) is 1. The summed E-state index contributed by atoms with van der Waals surface area (Å²) in [5.41, 5.74) is 3.07. The number of rotatable bonds is 3. The van der Waals surface area contributed by atoms with Crippen LogP contribution < -0.4 is 5.32 Å². The fourth-order valence-corrected chi connectivity index (χ4v) is 1.67. The second kappa shape index (κ2) is 3.56. The van der Waals surface area contributed by atoms with Gasteiger partial charge in [0.1, 0.15) is 5.00 Å². The number of thiazole rings is 1. The molecule has 0 aliphatic carbocycles. The van der Waals surface area contributed by atoms with Crippen LogP contribution in [0.4, 0.5) is 5.00 Å². The monoisotopic (exact) mass is 156 g/mol. The van der Waals surface area contributed by atoms with Gasteiger partial charge in [-0.2, -0.15) is 0 Å². The summed E-state index contributed by atoms with van der Waals surface area (Å²) < 4.78 is 0. The highest BCUT2D eigenvalue weighted by molar-refractivity contribution is 7.14. The van der Waals surface area contributed by atoms with Crippen molar-refractivity contribution in [1.82, 2.24) is 4.98 Å². The minimum atomic E-state index is 0.981. The molecule has 1 N–H and O–H groups in total. The predicted molar refractivity (Wildman–Crippen MR) is 45.7 cm³/mol. The van der Waals surface area contributed by atoms with E-state index in [1.54, 1.807) is 11.3 Å². The Hall–Kier alpha value is -0.570. The molecule has 1 rings (SSSR count). The van der Waals surface area contributed by atoms with Crippen molar-refractivity contribution < 1.29 is 0 Å². The number of aromatic nitrogens is 1. The summed E-state index contributed by atoms with van der Waals surface area (Å²) in [6, 6.07) is 0. The average molecular weight is 156 g/mol. The highest BCUT2D eigenvalue weighted by atomic mass is 32.1. The topological polar surface area (TPSA) is 24.9 Å². The molecule has 0 unspecified atom stereocenters. The molecule has 0 saturated heterocycles. The number of anilines is 1. The van der Waals surface area contributed by atoms with Crippen molar-refractivity contribution in [1.29, 1.82) is 0 Å². The van der Waals surface area contributed by atoms with Crippen molar-refractivity contribution >= 4 is 16.3 Å². The zero-order valence-electron chi connectivity index (χ0n) is 6.35. The summed E-state index contributed by atoms with van der Waals surface area (Å²) in [5, 5.41) is 4.49. The van der Waals surface area contributed by atoms with E-state index in [0.29, 0.717) is 0 Å². The lowest BCUT2D eigenvalue weighted by Crippen LogP contribution is -1.96. The van der Waals surface area contributed by atoms with Crippen molar-refractivity contribution in [3.8, 4) is 0 Å². The number of hydrogen-bond donors (Lipinski definition) is 1. The molecule has 0 radical (unpaired) electrons. The zero-order chi connectivity index (χ0) is 7.40. The van der Waals surface area contributed by atoms with E-state index in [1.165, 1.54) is 10.7 Å². The van der Waals surface area contributed by atoms with Crippen LogP contribution in [0, 0.1) is 0 Å². The number of aryl methyl sites for hydroxylation is 1. The molecule has 1 aromatic heterocycles. The lowest BCUT2D eigenvalue weighted by molar-refractivity contribution is 1.05. The third-order valence-electron chi connectivity index (χ3n) is 1.31. The van der Waals surface area contributed by atoms with Crippen molar-refractivity contribution in [2.75, 3.05) is 11.9 Å². The molecule has 0 aliphatic heterocycles. The summed E-state index contributed by atoms with van der Waals surface area (Å²) in [6.45, 7) is 5.20. The fraction of sp³-hybridized carbons (Fsp3) is 0.571. The molecule has 1 aromatic rings. The van der Waals surface area contributed by atoms with Crippen LogP contribution in [0.1, 0.15) is 19.5 Å². The summed E-state index contributed by atoms with van der Waals surface area (Å²) in [4.78, 5) is 4.21. The van der Waals surface area contributed by atoms with E-state index >= 15 is 0 Å². The molecule has 0 saturated carbocycles. The highest BCUT2D eigenvalue weighted by Crippen LogP contribution is 2.19. The third-order valence-corrected chi connectivity index (χ3v) is 2.14. The maximum atomic E-state index is 4.21. The Labute approximate surface area is 65.3 Å². The molecular formula is C7H12N2S. The molecule has 3 heteroatoms. The molecule has 0 aliphatic rings. The first-order valence-corrected chi connectivity index (χ1v) is 4.42. The van der Waals surface area contributed by atoms with Gasteiger partial charge in [0.05, 0.1) is 11.2 Å². The number of nitrogens with one attached hydrogen (secondary N) is 1. The molecule has 56 valence electrons. The van der Waals surface area contributed by atoms with Crippen LogP contribution >= 0.6 is 11.3 Å². The van der Waals surface area contributed by atoms with E-state index in [4.69, 9.17) is 0 Å². The molecule has 2 nitrogen and oxygen atoms in total. The average Bonchev–Trinajstić information content (AvgIpc) is 2.36. The van der Waals surface area contributed by atoms with Gasteiger partial charge in [-0.25, -0.2) is 4.98 Å². The standard InChI is InChI=1S/C7H12N2S/c1-3-6-7(8-4-2)10-5-9-6/h5,8H,3-4H2,1-2H3. The van der Waals surface area contributed by atoms with Crippen LogP contribution in [0.5, 0.6) is 0 Å². The summed E-state index contributed by atoms with van der Waals surface area (Å²) in [5.74, 6) is 0. The van der Waals surface area contributed by atoms with Gasteiger partial charge >= 0.3 is 0 Å². The molecule has 0 spiro atoms. The molecule has 0 bridgehead atoms. The summed E-state index contributed by atoms with van der Waals surface area (Å²) in [6.07, 6.45) is 1.02. The maximum absolute atomic E-state index is 4.21. The van der Waals surface area contributed by atoms with Gasteiger partial charge in [-0.15, -0.1) is 11.3 Å². The molecule has 0 atom stereocenters. The molecule has 1 heterocycles. The van der Waals surface area contributed by atoms with Gasteiger partial charge in [0.25, 0.3) is 0 Å². The van der Waals surface area contributed by atoms with Gasteiger partial charge < -0.3 is 5.32 Å². The molecular weight excluding hydrogens is 144 g/mol. The van der Waals surface area contributed by atoms with Gasteiger partial charge in [-0.3, -0.25) is 0 Å².